The molecule has 2 aromatic rings. The Hall–Kier alpha value is -2.61. The molecule has 0 amide bonds. The van der Waals surface area contributed by atoms with E-state index in [2.05, 4.69) is 16.6 Å². The third kappa shape index (κ3) is 3.85. The van der Waals surface area contributed by atoms with E-state index >= 15 is 0 Å². The number of sulfonamides is 1. The molecule has 8 nitrogen and oxygen atoms in total. The van der Waals surface area contributed by atoms with Crippen LogP contribution in [-0.2, 0) is 24.2 Å². The second kappa shape index (κ2) is 7.70. The highest BCUT2D eigenvalue weighted by molar-refractivity contribution is 7.89. The number of hydrogen-bond acceptors (Lipinski definition) is 7. The van der Waals surface area contributed by atoms with Crippen LogP contribution in [0.5, 0.6) is 11.5 Å². The van der Waals surface area contributed by atoms with E-state index in [4.69, 9.17) is 23.7 Å². The Labute approximate surface area is 198 Å². The monoisotopic (exact) mass is 483 g/mol. The van der Waals surface area contributed by atoms with Crippen molar-refractivity contribution < 1.29 is 32.1 Å². The van der Waals surface area contributed by atoms with E-state index in [1.165, 1.54) is 0 Å². The van der Waals surface area contributed by atoms with Crippen LogP contribution in [0.3, 0.4) is 0 Å². The van der Waals surface area contributed by atoms with Crippen LogP contribution < -0.4 is 14.2 Å². The molecule has 9 heteroatoms. The fourth-order valence-electron chi connectivity index (χ4n) is 4.87. The summed E-state index contributed by atoms with van der Waals surface area (Å²) < 4.78 is 58.5. The van der Waals surface area contributed by atoms with Gasteiger partial charge < -0.3 is 23.7 Å². The number of nitrogens with one attached hydrogen (secondary N) is 1. The van der Waals surface area contributed by atoms with Crippen molar-refractivity contribution in [2.45, 2.75) is 61.9 Å². The number of ether oxygens (including phenoxy) is 5. The summed E-state index contributed by atoms with van der Waals surface area (Å²) in [7, 11) is -3.83. The molecule has 0 spiro atoms. The Bertz CT molecular complexity index is 1290. The van der Waals surface area contributed by atoms with Gasteiger partial charge >= 0.3 is 0 Å². The molecule has 4 aliphatic rings. The standard InChI is InChI=1S/C25H25NO7S/c1-14-4-8-16(9-5-14)34(27,28)26-20-17(10-6-15-7-11-18-19(12-15)30-13-29-18)21-23(31-21)24-22(20)32-25(2,3)33-24/h4-5,7-9,11-12,17,20-24,26H,13H2,1-3H3/t17-,20-,21+,22+,23+,24+/m1/s1. The quantitative estimate of drug-likeness (QED) is 0.529. The van der Waals surface area contributed by atoms with E-state index in [1.54, 1.807) is 24.3 Å². The first kappa shape index (κ1) is 21.9. The molecule has 0 radical (unpaired) electrons. The number of fused-ring (bicyclic) bond motifs is 4. The largest absolute Gasteiger partial charge is 0.454 e. The van der Waals surface area contributed by atoms with Crippen molar-refractivity contribution in [3.05, 3.63) is 53.6 Å². The summed E-state index contributed by atoms with van der Waals surface area (Å²) in [5.74, 6) is 6.48. The Kier molecular flexibility index (Phi) is 4.96. The Morgan fingerprint density at radius 2 is 1.68 bits per heavy atom. The summed E-state index contributed by atoms with van der Waals surface area (Å²) in [4.78, 5) is 0.189. The molecular formula is C25H25NO7S. The molecule has 3 heterocycles. The van der Waals surface area contributed by atoms with Crippen molar-refractivity contribution in [2.75, 3.05) is 6.79 Å². The lowest BCUT2D eigenvalue weighted by Crippen LogP contribution is -2.57. The van der Waals surface area contributed by atoms with Gasteiger partial charge in [-0.15, -0.1) is 0 Å². The van der Waals surface area contributed by atoms with Crippen LogP contribution in [0.25, 0.3) is 0 Å². The molecule has 0 unspecified atom stereocenters. The lowest BCUT2D eigenvalue weighted by atomic mass is 9.81. The van der Waals surface area contributed by atoms with Gasteiger partial charge in [-0.1, -0.05) is 29.5 Å². The van der Waals surface area contributed by atoms with Crippen LogP contribution in [0.4, 0.5) is 0 Å². The lowest BCUT2D eigenvalue weighted by molar-refractivity contribution is -0.149. The maximum absolute atomic E-state index is 13.3. The van der Waals surface area contributed by atoms with Gasteiger partial charge in [0.1, 0.15) is 24.4 Å². The summed E-state index contributed by atoms with van der Waals surface area (Å²) in [6, 6.07) is 11.6. The average Bonchev–Trinajstić information content (AvgIpc) is 3.30. The average molecular weight is 484 g/mol. The molecule has 0 bridgehead atoms. The van der Waals surface area contributed by atoms with Gasteiger partial charge in [-0.3, -0.25) is 0 Å². The highest BCUT2D eigenvalue weighted by atomic mass is 32.2. The number of rotatable bonds is 3. The first-order valence-corrected chi connectivity index (χ1v) is 12.7. The minimum absolute atomic E-state index is 0.178. The third-order valence-electron chi connectivity index (χ3n) is 6.52. The molecule has 0 aromatic heterocycles. The number of epoxide rings is 1. The van der Waals surface area contributed by atoms with Crippen LogP contribution in [-0.4, -0.2) is 51.5 Å². The zero-order valence-corrected chi connectivity index (χ0v) is 19.8. The predicted molar refractivity (Wildman–Crippen MR) is 121 cm³/mol. The fraction of sp³-hybridized carbons (Fsp3) is 0.440. The van der Waals surface area contributed by atoms with Gasteiger partial charge in [0.2, 0.25) is 16.8 Å². The number of hydrogen-bond donors (Lipinski definition) is 1. The normalized spacial score (nSPS) is 32.3. The van der Waals surface area contributed by atoms with E-state index in [9.17, 15) is 8.42 Å². The maximum atomic E-state index is 13.3. The van der Waals surface area contributed by atoms with Crippen LogP contribution in [0, 0.1) is 24.7 Å². The van der Waals surface area contributed by atoms with Crippen molar-refractivity contribution in [1.29, 1.82) is 0 Å². The molecule has 3 aliphatic heterocycles. The van der Waals surface area contributed by atoms with Gasteiger partial charge in [-0.2, -0.15) is 0 Å². The summed E-state index contributed by atoms with van der Waals surface area (Å²) in [5, 5.41) is 0. The lowest BCUT2D eigenvalue weighted by Gasteiger charge is -2.33. The van der Waals surface area contributed by atoms with Gasteiger partial charge in [0, 0.05) is 5.56 Å². The SMILES string of the molecule is Cc1ccc(S(=O)(=O)N[C@@H]2[C@@H](C#Cc3ccc4c(c3)OCO4)[C@@H]3O[C@@H]3[C@H]3OC(C)(C)O[C@@H]23)cc1. The summed E-state index contributed by atoms with van der Waals surface area (Å²) in [5.41, 5.74) is 1.72. The minimum Gasteiger partial charge on any atom is -0.454 e. The van der Waals surface area contributed by atoms with E-state index in [0.29, 0.717) is 11.5 Å². The van der Waals surface area contributed by atoms with Gasteiger partial charge in [0.15, 0.2) is 17.3 Å². The van der Waals surface area contributed by atoms with Crippen molar-refractivity contribution >= 4 is 10.0 Å². The van der Waals surface area contributed by atoms with Gasteiger partial charge in [-0.05, 0) is 51.1 Å². The van der Waals surface area contributed by atoms with Gasteiger partial charge in [0.25, 0.3) is 0 Å². The molecule has 3 fully saturated rings. The van der Waals surface area contributed by atoms with Crippen LogP contribution in [0.1, 0.15) is 25.0 Å². The zero-order chi connectivity index (χ0) is 23.7. The van der Waals surface area contributed by atoms with E-state index in [-0.39, 0.29) is 30.0 Å². The Morgan fingerprint density at radius 3 is 2.47 bits per heavy atom. The Balaban J connectivity index is 1.34. The first-order chi connectivity index (χ1) is 16.2. The zero-order valence-electron chi connectivity index (χ0n) is 19.0. The van der Waals surface area contributed by atoms with Crippen LogP contribution in [0.15, 0.2) is 47.4 Å². The number of benzene rings is 2. The molecule has 1 saturated carbocycles. The second-order valence-corrected chi connectivity index (χ2v) is 11.2. The third-order valence-corrected chi connectivity index (χ3v) is 8.00. The fourth-order valence-corrected chi connectivity index (χ4v) is 6.13. The molecule has 1 N–H and O–H groups in total. The molecule has 6 atom stereocenters. The molecule has 34 heavy (non-hydrogen) atoms. The van der Waals surface area contributed by atoms with Gasteiger partial charge in [0.05, 0.1) is 16.9 Å². The summed E-state index contributed by atoms with van der Waals surface area (Å²) >= 11 is 0. The minimum atomic E-state index is -3.83. The topological polar surface area (TPSA) is 95.6 Å². The number of aryl methyl sites for hydroxylation is 1. The molecular weight excluding hydrogens is 458 g/mol. The predicted octanol–water partition coefficient (Wildman–Crippen LogP) is 2.34. The van der Waals surface area contributed by atoms with Crippen molar-refractivity contribution in [1.82, 2.24) is 4.72 Å². The highest BCUT2D eigenvalue weighted by Gasteiger charge is 2.66. The van der Waals surface area contributed by atoms with E-state index in [0.717, 1.165) is 11.1 Å². The van der Waals surface area contributed by atoms with E-state index in [1.807, 2.05) is 39.0 Å². The highest BCUT2D eigenvalue weighted by Crippen LogP contribution is 2.49. The molecule has 6 rings (SSSR count). The molecule has 1 aliphatic carbocycles. The van der Waals surface area contributed by atoms with E-state index < -0.39 is 33.9 Å². The van der Waals surface area contributed by atoms with Crippen LogP contribution in [0.2, 0.25) is 0 Å². The van der Waals surface area contributed by atoms with Crippen molar-refractivity contribution in [3.8, 4) is 23.3 Å². The molecule has 2 aromatic carbocycles. The van der Waals surface area contributed by atoms with Gasteiger partial charge in [-0.25, -0.2) is 13.1 Å². The Morgan fingerprint density at radius 1 is 0.941 bits per heavy atom. The molecule has 178 valence electrons. The molecule has 2 saturated heterocycles. The summed E-state index contributed by atoms with van der Waals surface area (Å²) in [6.07, 6.45) is -1.32. The first-order valence-electron chi connectivity index (χ1n) is 11.2. The van der Waals surface area contributed by atoms with Crippen molar-refractivity contribution in [3.63, 3.8) is 0 Å². The maximum Gasteiger partial charge on any atom is 0.240 e. The second-order valence-electron chi connectivity index (χ2n) is 9.45. The van der Waals surface area contributed by atoms with Crippen molar-refractivity contribution in [2.24, 2.45) is 5.92 Å². The van der Waals surface area contributed by atoms with Crippen LogP contribution >= 0.6 is 0 Å². The smallest absolute Gasteiger partial charge is 0.240 e. The summed E-state index contributed by atoms with van der Waals surface area (Å²) in [6.45, 7) is 5.74.